The number of hydrogen-bond acceptors (Lipinski definition) is 2. The van der Waals surface area contributed by atoms with Crippen LogP contribution in [0.4, 0.5) is 0 Å². The first-order valence-electron chi connectivity index (χ1n) is 2.04. The lowest BCUT2D eigenvalue weighted by molar-refractivity contribution is 0.749. The summed E-state index contributed by atoms with van der Waals surface area (Å²) in [5, 5.41) is 3.23. The van der Waals surface area contributed by atoms with E-state index >= 15 is 0 Å². The van der Waals surface area contributed by atoms with Gasteiger partial charge in [-0.15, -0.1) is 12.4 Å². The minimum absolute atomic E-state index is 0. The molecule has 0 aliphatic rings. The maximum absolute atomic E-state index is 7.72. The summed E-state index contributed by atoms with van der Waals surface area (Å²) in [4.78, 5) is 2.52. The number of hydrogen-bond donors (Lipinski definition) is 1. The topological polar surface area (TPSA) is 74.8 Å². The van der Waals surface area contributed by atoms with Crippen LogP contribution >= 0.6 is 12.4 Å². The molecule has 0 spiro atoms. The molecule has 0 aliphatic heterocycles. The molecule has 4 nitrogen and oxygen atoms in total. The second-order valence-electron chi connectivity index (χ2n) is 1.39. The van der Waals surface area contributed by atoms with Crippen LogP contribution in [0.25, 0.3) is 10.4 Å². The summed E-state index contributed by atoms with van der Waals surface area (Å²) in [6, 6.07) is -0.0177. The fraction of sp³-hybridized carbons (Fsp3) is 1.00. The van der Waals surface area contributed by atoms with E-state index in [0.29, 0.717) is 6.54 Å². The number of nitrogens with zero attached hydrogens (tertiary/aromatic N) is 3. The van der Waals surface area contributed by atoms with Crippen molar-refractivity contribution in [1.82, 2.24) is 0 Å². The quantitative estimate of drug-likeness (QED) is 0.344. The second kappa shape index (κ2) is 6.56. The van der Waals surface area contributed by atoms with Gasteiger partial charge < -0.3 is 5.73 Å². The first kappa shape index (κ1) is 10.5. The Morgan fingerprint density at radius 1 is 1.88 bits per heavy atom. The molecule has 0 aliphatic carbocycles. The third-order valence-electron chi connectivity index (χ3n) is 0.433. The highest BCUT2D eigenvalue weighted by Crippen LogP contribution is 1.75. The molecule has 0 aromatic rings. The second-order valence-corrected chi connectivity index (χ2v) is 1.39. The summed E-state index contributed by atoms with van der Waals surface area (Å²) in [5.74, 6) is 0. The summed E-state index contributed by atoms with van der Waals surface area (Å²) in [7, 11) is 0. The highest BCUT2D eigenvalue weighted by atomic mass is 35.5. The Morgan fingerprint density at radius 2 is 2.38 bits per heavy atom. The van der Waals surface area contributed by atoms with Crippen molar-refractivity contribution in [2.75, 3.05) is 6.54 Å². The average Bonchev–Trinajstić information content (AvgIpc) is 1.61. The molecule has 8 heavy (non-hydrogen) atoms. The predicted octanol–water partition coefficient (Wildman–Crippen LogP) is 1.07. The Labute approximate surface area is 54.1 Å². The fourth-order valence-electron chi connectivity index (χ4n) is 0.165. The summed E-state index contributed by atoms with van der Waals surface area (Å²) in [6.07, 6.45) is 0. The van der Waals surface area contributed by atoms with E-state index in [1.165, 1.54) is 0 Å². The van der Waals surface area contributed by atoms with Crippen molar-refractivity contribution >= 4 is 12.4 Å². The maximum atomic E-state index is 7.72. The molecule has 2 N–H and O–H groups in total. The molecule has 48 valence electrons. The first-order chi connectivity index (χ1) is 3.27. The molecule has 0 heterocycles. The van der Waals surface area contributed by atoms with Crippen LogP contribution in [0.3, 0.4) is 0 Å². The van der Waals surface area contributed by atoms with E-state index in [4.69, 9.17) is 11.3 Å². The highest BCUT2D eigenvalue weighted by Gasteiger charge is 1.84. The maximum Gasteiger partial charge on any atom is 0.0407 e. The van der Waals surface area contributed by atoms with E-state index in [0.717, 1.165) is 0 Å². The van der Waals surface area contributed by atoms with Crippen LogP contribution in [0, 0.1) is 0 Å². The fourth-order valence-corrected chi connectivity index (χ4v) is 0.165. The van der Waals surface area contributed by atoms with E-state index in [1.807, 2.05) is 0 Å². The van der Waals surface area contributed by atoms with Gasteiger partial charge in [0.1, 0.15) is 0 Å². The molecule has 0 rings (SSSR count). The van der Waals surface area contributed by atoms with E-state index < -0.39 is 0 Å². The summed E-state index contributed by atoms with van der Waals surface area (Å²) in [5.41, 5.74) is 12.9. The zero-order chi connectivity index (χ0) is 5.70. The molecule has 0 aromatic carbocycles. The molecule has 0 bridgehead atoms. The molecular formula is C3H9ClN4. The van der Waals surface area contributed by atoms with Crippen molar-refractivity contribution in [1.29, 1.82) is 0 Å². The van der Waals surface area contributed by atoms with Crippen molar-refractivity contribution in [3.63, 3.8) is 0 Å². The Morgan fingerprint density at radius 3 is 2.50 bits per heavy atom. The number of rotatable bonds is 2. The van der Waals surface area contributed by atoms with E-state index in [-0.39, 0.29) is 18.4 Å². The summed E-state index contributed by atoms with van der Waals surface area (Å²) in [6.45, 7) is 2.17. The van der Waals surface area contributed by atoms with Crippen molar-refractivity contribution < 1.29 is 0 Å². The molecule has 0 saturated carbocycles. The van der Waals surface area contributed by atoms with Crippen molar-refractivity contribution in [3.05, 3.63) is 10.4 Å². The smallest absolute Gasteiger partial charge is 0.0407 e. The SMILES string of the molecule is C[C@@H](N)CN=[N+]=[N-].Cl. The molecule has 0 unspecified atom stereocenters. The standard InChI is InChI=1S/C3H8N4.ClH/c1-3(4)2-6-7-5;/h3H,2,4H2,1H3;1H/t3-;/m1./s1. The van der Waals surface area contributed by atoms with Gasteiger partial charge in [-0.05, 0) is 12.5 Å². The van der Waals surface area contributed by atoms with Crippen LogP contribution in [0.1, 0.15) is 6.92 Å². The van der Waals surface area contributed by atoms with Gasteiger partial charge in [0.05, 0.1) is 0 Å². The van der Waals surface area contributed by atoms with E-state index in [9.17, 15) is 0 Å². The molecule has 1 atom stereocenters. The van der Waals surface area contributed by atoms with Crippen molar-refractivity contribution in [2.45, 2.75) is 13.0 Å². The predicted molar refractivity (Wildman–Crippen MR) is 34.9 cm³/mol. The van der Waals surface area contributed by atoms with Gasteiger partial charge >= 0.3 is 0 Å². The van der Waals surface area contributed by atoms with Crippen LogP contribution in [-0.2, 0) is 0 Å². The minimum atomic E-state index is -0.0177. The van der Waals surface area contributed by atoms with E-state index in [2.05, 4.69) is 10.0 Å². The Kier molecular flexibility index (Phi) is 8.63. The van der Waals surface area contributed by atoms with Gasteiger partial charge in [0.15, 0.2) is 0 Å². The van der Waals surface area contributed by atoms with Gasteiger partial charge in [-0.3, -0.25) is 0 Å². The van der Waals surface area contributed by atoms with Crippen LogP contribution in [0.5, 0.6) is 0 Å². The normalized spacial score (nSPS) is 10.8. The Hall–Kier alpha value is -0.440. The van der Waals surface area contributed by atoms with Gasteiger partial charge in [-0.2, -0.15) is 0 Å². The van der Waals surface area contributed by atoms with Gasteiger partial charge in [-0.1, -0.05) is 5.11 Å². The minimum Gasteiger partial charge on any atom is -0.328 e. The molecule has 5 heteroatoms. The van der Waals surface area contributed by atoms with Gasteiger partial charge in [-0.25, -0.2) is 0 Å². The molecular weight excluding hydrogens is 128 g/mol. The summed E-state index contributed by atoms with van der Waals surface area (Å²) >= 11 is 0. The monoisotopic (exact) mass is 136 g/mol. The van der Waals surface area contributed by atoms with Gasteiger partial charge in [0.2, 0.25) is 0 Å². The highest BCUT2D eigenvalue weighted by molar-refractivity contribution is 5.85. The molecule has 0 fully saturated rings. The zero-order valence-corrected chi connectivity index (χ0v) is 5.43. The Bertz CT molecular complexity index is 85.3. The molecule has 0 saturated heterocycles. The van der Waals surface area contributed by atoms with Crippen LogP contribution in [0.15, 0.2) is 5.11 Å². The molecule has 0 radical (unpaired) electrons. The third kappa shape index (κ3) is 9.12. The van der Waals surface area contributed by atoms with E-state index in [1.54, 1.807) is 6.92 Å². The zero-order valence-electron chi connectivity index (χ0n) is 4.61. The number of halogens is 1. The first-order valence-corrected chi connectivity index (χ1v) is 2.04. The molecule has 0 aromatic heterocycles. The van der Waals surface area contributed by atoms with Crippen molar-refractivity contribution in [2.24, 2.45) is 10.8 Å². The third-order valence-corrected chi connectivity index (χ3v) is 0.433. The average molecular weight is 137 g/mol. The summed E-state index contributed by atoms with van der Waals surface area (Å²) < 4.78 is 0. The van der Waals surface area contributed by atoms with Crippen molar-refractivity contribution in [3.8, 4) is 0 Å². The number of nitrogens with two attached hydrogens (primary N) is 1. The molecule has 0 amide bonds. The van der Waals surface area contributed by atoms with Crippen LogP contribution < -0.4 is 5.73 Å². The van der Waals surface area contributed by atoms with Crippen LogP contribution in [0.2, 0.25) is 0 Å². The lowest BCUT2D eigenvalue weighted by Gasteiger charge is -1.92. The largest absolute Gasteiger partial charge is 0.328 e. The lowest BCUT2D eigenvalue weighted by atomic mass is 10.4. The van der Waals surface area contributed by atoms with Crippen LogP contribution in [-0.4, -0.2) is 12.6 Å². The Balaban J connectivity index is 0. The lowest BCUT2D eigenvalue weighted by Crippen LogP contribution is -2.17. The van der Waals surface area contributed by atoms with Gasteiger partial charge in [0.25, 0.3) is 0 Å². The number of azide groups is 1. The van der Waals surface area contributed by atoms with Gasteiger partial charge in [0, 0.05) is 17.5 Å².